The SMILES string of the molecule is Cc1noc(CCN2CC(C(=O)O)CC2=O)n1. The molecule has 1 unspecified atom stereocenters. The summed E-state index contributed by atoms with van der Waals surface area (Å²) in [4.78, 5) is 27.8. The standard InChI is InChI=1S/C10H13N3O4/c1-6-11-8(17-12-6)2-3-13-5-7(10(15)16)4-9(13)14/h7H,2-5H2,1H3,(H,15,16). The monoisotopic (exact) mass is 239 g/mol. The lowest BCUT2D eigenvalue weighted by Crippen LogP contribution is -2.28. The van der Waals surface area contributed by atoms with E-state index in [0.29, 0.717) is 24.7 Å². The Morgan fingerprint density at radius 2 is 2.41 bits per heavy atom. The van der Waals surface area contributed by atoms with Gasteiger partial charge in [0.15, 0.2) is 5.82 Å². The Bertz CT molecular complexity index is 443. The van der Waals surface area contributed by atoms with Crippen LogP contribution in [0.15, 0.2) is 4.52 Å². The number of rotatable bonds is 4. The summed E-state index contributed by atoms with van der Waals surface area (Å²) in [6.07, 6.45) is 0.539. The lowest BCUT2D eigenvalue weighted by molar-refractivity contribution is -0.141. The van der Waals surface area contributed by atoms with Gasteiger partial charge >= 0.3 is 5.97 Å². The summed E-state index contributed by atoms with van der Waals surface area (Å²) in [5, 5.41) is 12.5. The fourth-order valence-corrected chi connectivity index (χ4v) is 1.83. The molecule has 0 radical (unpaired) electrons. The van der Waals surface area contributed by atoms with E-state index in [4.69, 9.17) is 9.63 Å². The van der Waals surface area contributed by atoms with Crippen LogP contribution in [0.25, 0.3) is 0 Å². The maximum atomic E-state index is 11.5. The Labute approximate surface area is 97.4 Å². The van der Waals surface area contributed by atoms with Crippen molar-refractivity contribution < 1.29 is 19.2 Å². The van der Waals surface area contributed by atoms with Crippen LogP contribution in [-0.4, -0.2) is 45.1 Å². The van der Waals surface area contributed by atoms with E-state index in [9.17, 15) is 9.59 Å². The Balaban J connectivity index is 1.88. The highest BCUT2D eigenvalue weighted by Crippen LogP contribution is 2.18. The van der Waals surface area contributed by atoms with Crippen molar-refractivity contribution in [2.24, 2.45) is 5.92 Å². The zero-order valence-corrected chi connectivity index (χ0v) is 9.42. The average Bonchev–Trinajstić information content (AvgIpc) is 2.82. The molecule has 1 atom stereocenters. The van der Waals surface area contributed by atoms with Crippen LogP contribution in [0.3, 0.4) is 0 Å². The van der Waals surface area contributed by atoms with E-state index in [2.05, 4.69) is 10.1 Å². The van der Waals surface area contributed by atoms with Crippen molar-refractivity contribution in [2.45, 2.75) is 19.8 Å². The highest BCUT2D eigenvalue weighted by atomic mass is 16.5. The molecule has 1 aliphatic heterocycles. The topological polar surface area (TPSA) is 96.5 Å². The Morgan fingerprint density at radius 3 is 2.94 bits per heavy atom. The van der Waals surface area contributed by atoms with Gasteiger partial charge in [-0.2, -0.15) is 4.98 Å². The predicted molar refractivity (Wildman–Crippen MR) is 55.1 cm³/mol. The predicted octanol–water partition coefficient (Wildman–Crippen LogP) is -0.146. The second-order valence-corrected chi connectivity index (χ2v) is 4.06. The zero-order chi connectivity index (χ0) is 12.4. The van der Waals surface area contributed by atoms with Crippen molar-refractivity contribution in [1.29, 1.82) is 0 Å². The zero-order valence-electron chi connectivity index (χ0n) is 9.42. The van der Waals surface area contributed by atoms with E-state index in [0.717, 1.165) is 0 Å². The van der Waals surface area contributed by atoms with E-state index in [1.165, 1.54) is 4.90 Å². The van der Waals surface area contributed by atoms with E-state index < -0.39 is 11.9 Å². The van der Waals surface area contributed by atoms with E-state index in [1.807, 2.05) is 0 Å². The van der Waals surface area contributed by atoms with Crippen LogP contribution in [0.4, 0.5) is 0 Å². The summed E-state index contributed by atoms with van der Waals surface area (Å²) >= 11 is 0. The first-order chi connectivity index (χ1) is 8.06. The molecule has 17 heavy (non-hydrogen) atoms. The number of amides is 1. The van der Waals surface area contributed by atoms with Gasteiger partial charge in [-0.05, 0) is 6.92 Å². The molecule has 1 N–H and O–H groups in total. The van der Waals surface area contributed by atoms with Crippen molar-refractivity contribution in [2.75, 3.05) is 13.1 Å². The second kappa shape index (κ2) is 4.52. The molecule has 1 saturated heterocycles. The van der Waals surface area contributed by atoms with Gasteiger partial charge in [0, 0.05) is 25.9 Å². The number of hydrogen-bond acceptors (Lipinski definition) is 5. The first kappa shape index (κ1) is 11.6. The Hall–Kier alpha value is -1.92. The summed E-state index contributed by atoms with van der Waals surface area (Å²) in [5.74, 6) is -0.625. The van der Waals surface area contributed by atoms with Gasteiger partial charge in [0.25, 0.3) is 0 Å². The Kier molecular flexibility index (Phi) is 3.08. The number of carbonyl (C=O) groups is 2. The lowest BCUT2D eigenvalue weighted by atomic mass is 10.1. The van der Waals surface area contributed by atoms with Gasteiger partial charge in [0.05, 0.1) is 5.92 Å². The molecular formula is C10H13N3O4. The van der Waals surface area contributed by atoms with Gasteiger partial charge < -0.3 is 14.5 Å². The van der Waals surface area contributed by atoms with Gasteiger partial charge in [0.1, 0.15) is 0 Å². The number of aliphatic carboxylic acids is 1. The maximum absolute atomic E-state index is 11.5. The molecule has 0 spiro atoms. The number of carboxylic acid groups (broad SMARTS) is 1. The molecule has 92 valence electrons. The number of nitrogens with zero attached hydrogens (tertiary/aromatic N) is 3. The summed E-state index contributed by atoms with van der Waals surface area (Å²) in [6.45, 7) is 2.40. The largest absolute Gasteiger partial charge is 0.481 e. The van der Waals surface area contributed by atoms with Crippen molar-refractivity contribution in [3.8, 4) is 0 Å². The normalized spacial score (nSPS) is 19.9. The van der Waals surface area contributed by atoms with Crippen molar-refractivity contribution >= 4 is 11.9 Å². The van der Waals surface area contributed by atoms with Crippen LogP contribution in [0.5, 0.6) is 0 Å². The smallest absolute Gasteiger partial charge is 0.308 e. The summed E-state index contributed by atoms with van der Waals surface area (Å²) < 4.78 is 4.92. The highest BCUT2D eigenvalue weighted by Gasteiger charge is 2.33. The maximum Gasteiger partial charge on any atom is 0.308 e. The number of aromatic nitrogens is 2. The number of carbonyl (C=O) groups excluding carboxylic acids is 1. The van der Waals surface area contributed by atoms with Gasteiger partial charge in [-0.3, -0.25) is 9.59 Å². The van der Waals surface area contributed by atoms with Crippen molar-refractivity contribution in [1.82, 2.24) is 15.0 Å². The van der Waals surface area contributed by atoms with Gasteiger partial charge in [-0.25, -0.2) is 0 Å². The molecule has 7 heteroatoms. The van der Waals surface area contributed by atoms with Crippen LogP contribution < -0.4 is 0 Å². The summed E-state index contributed by atoms with van der Waals surface area (Å²) in [6, 6.07) is 0. The number of hydrogen-bond donors (Lipinski definition) is 1. The van der Waals surface area contributed by atoms with Gasteiger partial charge in [0.2, 0.25) is 11.8 Å². The van der Waals surface area contributed by atoms with Crippen molar-refractivity contribution in [3.05, 3.63) is 11.7 Å². The minimum Gasteiger partial charge on any atom is -0.481 e. The van der Waals surface area contributed by atoms with Crippen LogP contribution in [0.2, 0.25) is 0 Å². The minimum absolute atomic E-state index is 0.0815. The third-order valence-electron chi connectivity index (χ3n) is 2.73. The molecule has 1 amide bonds. The molecule has 0 bridgehead atoms. The summed E-state index contributed by atoms with van der Waals surface area (Å²) in [7, 11) is 0. The Morgan fingerprint density at radius 1 is 1.65 bits per heavy atom. The van der Waals surface area contributed by atoms with Crippen molar-refractivity contribution in [3.63, 3.8) is 0 Å². The quantitative estimate of drug-likeness (QED) is 0.785. The third-order valence-corrected chi connectivity index (χ3v) is 2.73. The molecule has 0 aliphatic carbocycles. The molecule has 1 fully saturated rings. The molecule has 0 saturated carbocycles. The molecule has 2 rings (SSSR count). The van der Waals surface area contributed by atoms with Gasteiger partial charge in [-0.1, -0.05) is 5.16 Å². The molecule has 1 aromatic heterocycles. The van der Waals surface area contributed by atoms with Gasteiger partial charge in [-0.15, -0.1) is 0 Å². The van der Waals surface area contributed by atoms with E-state index in [1.54, 1.807) is 6.92 Å². The average molecular weight is 239 g/mol. The van der Waals surface area contributed by atoms with Crippen LogP contribution >= 0.6 is 0 Å². The van der Waals surface area contributed by atoms with E-state index in [-0.39, 0.29) is 18.9 Å². The number of likely N-dealkylation sites (tertiary alicyclic amines) is 1. The fourth-order valence-electron chi connectivity index (χ4n) is 1.83. The van der Waals surface area contributed by atoms with Crippen LogP contribution in [0.1, 0.15) is 18.1 Å². The third kappa shape index (κ3) is 2.61. The molecular weight excluding hydrogens is 226 g/mol. The van der Waals surface area contributed by atoms with Crippen LogP contribution in [-0.2, 0) is 16.0 Å². The first-order valence-corrected chi connectivity index (χ1v) is 5.36. The molecule has 7 nitrogen and oxygen atoms in total. The molecule has 1 aliphatic rings. The summed E-state index contributed by atoms with van der Waals surface area (Å²) in [5.41, 5.74) is 0. The molecule has 2 heterocycles. The first-order valence-electron chi connectivity index (χ1n) is 5.36. The highest BCUT2D eigenvalue weighted by molar-refractivity contribution is 5.86. The van der Waals surface area contributed by atoms with Crippen LogP contribution in [0, 0.1) is 12.8 Å². The fraction of sp³-hybridized carbons (Fsp3) is 0.600. The minimum atomic E-state index is -0.922. The second-order valence-electron chi connectivity index (χ2n) is 4.06. The number of aryl methyl sites for hydroxylation is 1. The lowest BCUT2D eigenvalue weighted by Gasteiger charge is -2.13. The van der Waals surface area contributed by atoms with E-state index >= 15 is 0 Å². The molecule has 1 aromatic rings. The molecule has 0 aromatic carbocycles. The number of carboxylic acids is 1.